The standard InChI is InChI=1S/C20H18N4O4/c1-14-19(20(26)23(22(14)2)16-9-4-3-5-10-16)21-18(25)13-12-15-8-6-7-11-17(15)24(27)28/h3-13H,1-2H3,(H,21,25)/b13-12+. The van der Waals surface area contributed by atoms with Crippen molar-refractivity contribution in [2.75, 3.05) is 5.32 Å². The van der Waals surface area contributed by atoms with Gasteiger partial charge in [-0.1, -0.05) is 30.3 Å². The highest BCUT2D eigenvalue weighted by Crippen LogP contribution is 2.19. The van der Waals surface area contributed by atoms with E-state index in [1.54, 1.807) is 42.9 Å². The highest BCUT2D eigenvalue weighted by atomic mass is 16.6. The number of hydrogen-bond donors (Lipinski definition) is 1. The predicted molar refractivity (Wildman–Crippen MR) is 107 cm³/mol. The number of amides is 1. The summed E-state index contributed by atoms with van der Waals surface area (Å²) in [5.74, 6) is -0.552. The molecular weight excluding hydrogens is 360 g/mol. The molecule has 28 heavy (non-hydrogen) atoms. The maximum atomic E-state index is 12.8. The summed E-state index contributed by atoms with van der Waals surface area (Å²) in [5.41, 5.74) is 1.25. The molecule has 0 fully saturated rings. The molecule has 0 spiro atoms. The summed E-state index contributed by atoms with van der Waals surface area (Å²) in [7, 11) is 1.72. The number of benzene rings is 2. The molecule has 1 aromatic heterocycles. The number of carbonyl (C=O) groups is 1. The fourth-order valence-corrected chi connectivity index (χ4v) is 2.84. The Labute approximate surface area is 160 Å². The molecule has 0 atom stereocenters. The Bertz CT molecular complexity index is 1130. The van der Waals surface area contributed by atoms with Crippen molar-refractivity contribution in [2.24, 2.45) is 7.05 Å². The summed E-state index contributed by atoms with van der Waals surface area (Å²) in [6.45, 7) is 1.72. The van der Waals surface area contributed by atoms with Gasteiger partial charge < -0.3 is 5.32 Å². The number of hydrogen-bond acceptors (Lipinski definition) is 4. The second kappa shape index (κ2) is 7.75. The van der Waals surface area contributed by atoms with Crippen molar-refractivity contribution in [2.45, 2.75) is 6.92 Å². The molecule has 1 heterocycles. The van der Waals surface area contributed by atoms with Gasteiger partial charge in [0.1, 0.15) is 5.69 Å². The van der Waals surface area contributed by atoms with Crippen LogP contribution in [0.2, 0.25) is 0 Å². The van der Waals surface area contributed by atoms with E-state index in [1.165, 1.54) is 29.0 Å². The molecule has 0 bridgehead atoms. The molecule has 1 N–H and O–H groups in total. The maximum Gasteiger partial charge on any atom is 0.295 e. The molecule has 0 aliphatic rings. The van der Waals surface area contributed by atoms with Crippen LogP contribution in [0, 0.1) is 17.0 Å². The summed E-state index contributed by atoms with van der Waals surface area (Å²) in [5, 5.41) is 13.6. The third-order valence-electron chi connectivity index (χ3n) is 4.35. The van der Waals surface area contributed by atoms with E-state index in [0.717, 1.165) is 0 Å². The third kappa shape index (κ3) is 3.61. The number of aromatic nitrogens is 2. The average molecular weight is 378 g/mol. The van der Waals surface area contributed by atoms with E-state index in [4.69, 9.17) is 0 Å². The summed E-state index contributed by atoms with van der Waals surface area (Å²) < 4.78 is 3.11. The van der Waals surface area contributed by atoms with Crippen LogP contribution in [0.3, 0.4) is 0 Å². The van der Waals surface area contributed by atoms with Gasteiger partial charge in [0, 0.05) is 19.2 Å². The summed E-state index contributed by atoms with van der Waals surface area (Å²) in [4.78, 5) is 35.6. The van der Waals surface area contributed by atoms with Crippen LogP contribution in [0.15, 0.2) is 65.5 Å². The average Bonchev–Trinajstić information content (AvgIpc) is 2.90. The first-order valence-corrected chi connectivity index (χ1v) is 8.46. The van der Waals surface area contributed by atoms with Crippen molar-refractivity contribution < 1.29 is 9.72 Å². The molecule has 0 saturated heterocycles. The normalized spacial score (nSPS) is 10.9. The Morgan fingerprint density at radius 1 is 1.11 bits per heavy atom. The fraction of sp³-hybridized carbons (Fsp3) is 0.100. The van der Waals surface area contributed by atoms with Crippen LogP contribution >= 0.6 is 0 Å². The second-order valence-electron chi connectivity index (χ2n) is 6.08. The van der Waals surface area contributed by atoms with Crippen molar-refractivity contribution in [3.8, 4) is 5.69 Å². The van der Waals surface area contributed by atoms with Crippen LogP contribution < -0.4 is 10.9 Å². The van der Waals surface area contributed by atoms with E-state index in [1.807, 2.05) is 18.2 Å². The van der Waals surface area contributed by atoms with Gasteiger partial charge in [0.15, 0.2) is 0 Å². The second-order valence-corrected chi connectivity index (χ2v) is 6.08. The molecule has 2 aromatic carbocycles. The Morgan fingerprint density at radius 2 is 1.75 bits per heavy atom. The number of nitro benzene ring substituents is 1. The lowest BCUT2D eigenvalue weighted by Gasteiger charge is -2.07. The van der Waals surface area contributed by atoms with Gasteiger partial charge in [0.25, 0.3) is 11.2 Å². The van der Waals surface area contributed by atoms with Gasteiger partial charge in [0.2, 0.25) is 5.91 Å². The highest BCUT2D eigenvalue weighted by Gasteiger charge is 2.17. The number of rotatable bonds is 5. The SMILES string of the molecule is Cc1c(NC(=O)/C=C/c2ccccc2[N+](=O)[O-])c(=O)n(-c2ccccc2)n1C. The number of para-hydroxylation sites is 2. The van der Waals surface area contributed by atoms with E-state index in [9.17, 15) is 19.7 Å². The number of nitrogens with one attached hydrogen (secondary N) is 1. The van der Waals surface area contributed by atoms with Crippen LogP contribution in [-0.2, 0) is 11.8 Å². The van der Waals surface area contributed by atoms with Crippen molar-refractivity contribution in [1.29, 1.82) is 0 Å². The molecule has 3 aromatic rings. The smallest absolute Gasteiger partial charge is 0.295 e. The molecule has 0 unspecified atom stereocenters. The van der Waals surface area contributed by atoms with E-state index in [-0.39, 0.29) is 16.9 Å². The van der Waals surface area contributed by atoms with Gasteiger partial charge in [-0.05, 0) is 31.2 Å². The van der Waals surface area contributed by atoms with Gasteiger partial charge in [0.05, 0.1) is 21.9 Å². The first kappa shape index (κ1) is 18.8. The Kier molecular flexibility index (Phi) is 5.21. The molecule has 1 amide bonds. The van der Waals surface area contributed by atoms with Gasteiger partial charge in [-0.3, -0.25) is 24.4 Å². The minimum atomic E-state index is -0.552. The fourth-order valence-electron chi connectivity index (χ4n) is 2.84. The Morgan fingerprint density at radius 3 is 2.43 bits per heavy atom. The van der Waals surface area contributed by atoms with Crippen LogP contribution in [0.4, 0.5) is 11.4 Å². The van der Waals surface area contributed by atoms with Gasteiger partial charge in [-0.25, -0.2) is 4.68 Å². The zero-order valence-electron chi connectivity index (χ0n) is 15.3. The zero-order chi connectivity index (χ0) is 20.3. The van der Waals surface area contributed by atoms with E-state index >= 15 is 0 Å². The largest absolute Gasteiger partial charge is 0.316 e. The van der Waals surface area contributed by atoms with Crippen LogP contribution in [0.5, 0.6) is 0 Å². The molecule has 0 aliphatic carbocycles. The number of nitrogens with zero attached hydrogens (tertiary/aromatic N) is 3. The molecule has 3 rings (SSSR count). The van der Waals surface area contributed by atoms with E-state index in [0.29, 0.717) is 16.9 Å². The predicted octanol–water partition coefficient (Wildman–Crippen LogP) is 3.04. The molecule has 0 aliphatic heterocycles. The van der Waals surface area contributed by atoms with Gasteiger partial charge >= 0.3 is 0 Å². The van der Waals surface area contributed by atoms with E-state index in [2.05, 4.69) is 5.32 Å². The Balaban J connectivity index is 1.88. The molecule has 0 saturated carbocycles. The topological polar surface area (TPSA) is 99.2 Å². The lowest BCUT2D eigenvalue weighted by atomic mass is 10.1. The van der Waals surface area contributed by atoms with Crippen molar-refractivity contribution in [3.63, 3.8) is 0 Å². The van der Waals surface area contributed by atoms with Gasteiger partial charge in [-0.15, -0.1) is 0 Å². The molecule has 0 radical (unpaired) electrons. The molecule has 142 valence electrons. The lowest BCUT2D eigenvalue weighted by molar-refractivity contribution is -0.385. The van der Waals surface area contributed by atoms with Gasteiger partial charge in [-0.2, -0.15) is 0 Å². The first-order chi connectivity index (χ1) is 13.4. The molecule has 8 heteroatoms. The third-order valence-corrected chi connectivity index (χ3v) is 4.35. The quantitative estimate of drug-likeness (QED) is 0.419. The van der Waals surface area contributed by atoms with Crippen molar-refractivity contribution in [1.82, 2.24) is 9.36 Å². The highest BCUT2D eigenvalue weighted by molar-refractivity contribution is 6.02. The first-order valence-electron chi connectivity index (χ1n) is 8.46. The molecule has 8 nitrogen and oxygen atoms in total. The number of nitro groups is 1. The van der Waals surface area contributed by atoms with Crippen LogP contribution in [0.25, 0.3) is 11.8 Å². The van der Waals surface area contributed by atoms with Crippen molar-refractivity contribution >= 4 is 23.4 Å². The van der Waals surface area contributed by atoms with Crippen molar-refractivity contribution in [3.05, 3.63) is 92.4 Å². The minimum Gasteiger partial charge on any atom is -0.316 e. The number of carbonyl (C=O) groups excluding carboxylic acids is 1. The van der Waals surface area contributed by atoms with E-state index < -0.39 is 10.8 Å². The number of anilines is 1. The lowest BCUT2D eigenvalue weighted by Crippen LogP contribution is -2.22. The summed E-state index contributed by atoms with van der Waals surface area (Å²) in [6.07, 6.45) is 2.52. The summed E-state index contributed by atoms with van der Waals surface area (Å²) in [6, 6.07) is 15.2. The zero-order valence-corrected chi connectivity index (χ0v) is 15.3. The minimum absolute atomic E-state index is 0.103. The molecular formula is C20H18N4O4. The van der Waals surface area contributed by atoms with Crippen LogP contribution in [-0.4, -0.2) is 20.2 Å². The monoisotopic (exact) mass is 378 g/mol. The summed E-state index contributed by atoms with van der Waals surface area (Å²) >= 11 is 0. The Hall–Kier alpha value is -3.94. The maximum absolute atomic E-state index is 12.8. The van der Waals surface area contributed by atoms with Crippen LogP contribution in [0.1, 0.15) is 11.3 Å².